The number of anilines is 1. The van der Waals surface area contributed by atoms with Crippen LogP contribution in [0.3, 0.4) is 0 Å². The number of nitrogen functional groups attached to an aromatic ring is 1. The maximum Gasteiger partial charge on any atom is 0.328 e. The topological polar surface area (TPSA) is 72.6 Å². The fourth-order valence-electron chi connectivity index (χ4n) is 2.49. The Morgan fingerprint density at radius 2 is 2.11 bits per heavy atom. The van der Waals surface area contributed by atoms with Crippen LogP contribution < -0.4 is 5.73 Å². The molecule has 1 aliphatic heterocycles. The average molecular weight is 262 g/mol. The fraction of sp³-hybridized carbons (Fsp3) is 0.429. The highest BCUT2D eigenvalue weighted by atomic mass is 16.5. The molecule has 102 valence electrons. The van der Waals surface area contributed by atoms with Crippen molar-refractivity contribution >= 4 is 17.6 Å². The Bertz CT molecular complexity index is 493. The number of hydrogen-bond acceptors (Lipinski definition) is 4. The van der Waals surface area contributed by atoms with Crippen LogP contribution in [0.4, 0.5) is 5.69 Å². The molecule has 1 amide bonds. The SMILES string of the molecule is COC(=O)C1CCCN1C(=O)c1cc(C)cc(N)c1. The summed E-state index contributed by atoms with van der Waals surface area (Å²) in [5, 5.41) is 0. The van der Waals surface area contributed by atoms with Crippen LogP contribution in [-0.4, -0.2) is 36.5 Å². The molecule has 0 aliphatic carbocycles. The maximum atomic E-state index is 12.4. The van der Waals surface area contributed by atoms with Gasteiger partial charge in [0.1, 0.15) is 6.04 Å². The lowest BCUT2D eigenvalue weighted by atomic mass is 10.1. The quantitative estimate of drug-likeness (QED) is 0.645. The highest BCUT2D eigenvalue weighted by molar-refractivity contribution is 5.98. The molecule has 0 aromatic heterocycles. The van der Waals surface area contributed by atoms with E-state index >= 15 is 0 Å². The lowest BCUT2D eigenvalue weighted by molar-refractivity contribution is -0.145. The van der Waals surface area contributed by atoms with Gasteiger partial charge in [0.05, 0.1) is 7.11 Å². The smallest absolute Gasteiger partial charge is 0.328 e. The van der Waals surface area contributed by atoms with Gasteiger partial charge in [-0.3, -0.25) is 4.79 Å². The number of ether oxygens (including phenoxy) is 1. The van der Waals surface area contributed by atoms with E-state index in [0.717, 1.165) is 12.0 Å². The van der Waals surface area contributed by atoms with Gasteiger partial charge in [-0.05, 0) is 43.5 Å². The van der Waals surface area contributed by atoms with E-state index in [0.29, 0.717) is 24.2 Å². The lowest BCUT2D eigenvalue weighted by Gasteiger charge is -2.23. The van der Waals surface area contributed by atoms with Crippen LogP contribution in [0.5, 0.6) is 0 Å². The van der Waals surface area contributed by atoms with Gasteiger partial charge in [0, 0.05) is 17.8 Å². The van der Waals surface area contributed by atoms with Crippen LogP contribution in [0.2, 0.25) is 0 Å². The van der Waals surface area contributed by atoms with Crippen molar-refractivity contribution < 1.29 is 14.3 Å². The van der Waals surface area contributed by atoms with Gasteiger partial charge in [-0.25, -0.2) is 4.79 Å². The summed E-state index contributed by atoms with van der Waals surface area (Å²) in [7, 11) is 1.34. The van der Waals surface area contributed by atoms with Gasteiger partial charge in [0.15, 0.2) is 0 Å². The predicted molar refractivity (Wildman–Crippen MR) is 71.7 cm³/mol. The highest BCUT2D eigenvalue weighted by Gasteiger charge is 2.35. The molecule has 1 fully saturated rings. The van der Waals surface area contributed by atoms with Gasteiger partial charge in [-0.2, -0.15) is 0 Å². The van der Waals surface area contributed by atoms with E-state index in [1.807, 2.05) is 6.92 Å². The van der Waals surface area contributed by atoms with Crippen molar-refractivity contribution in [3.63, 3.8) is 0 Å². The molecule has 1 aromatic rings. The second kappa shape index (κ2) is 5.30. The Morgan fingerprint density at radius 3 is 2.74 bits per heavy atom. The van der Waals surface area contributed by atoms with E-state index in [2.05, 4.69) is 0 Å². The number of likely N-dealkylation sites (tertiary alicyclic amines) is 1. The second-order valence-corrected chi connectivity index (χ2v) is 4.81. The number of nitrogens with zero attached hydrogens (tertiary/aromatic N) is 1. The van der Waals surface area contributed by atoms with Gasteiger partial charge in [0.2, 0.25) is 0 Å². The van der Waals surface area contributed by atoms with Crippen molar-refractivity contribution in [2.45, 2.75) is 25.8 Å². The van der Waals surface area contributed by atoms with Crippen LogP contribution >= 0.6 is 0 Å². The molecule has 1 aliphatic rings. The Labute approximate surface area is 112 Å². The zero-order valence-electron chi connectivity index (χ0n) is 11.2. The van der Waals surface area contributed by atoms with Gasteiger partial charge in [0.25, 0.3) is 5.91 Å². The monoisotopic (exact) mass is 262 g/mol. The van der Waals surface area contributed by atoms with E-state index in [1.54, 1.807) is 23.1 Å². The Hall–Kier alpha value is -2.04. The molecule has 2 N–H and O–H groups in total. The van der Waals surface area contributed by atoms with Crippen LogP contribution in [-0.2, 0) is 9.53 Å². The van der Waals surface area contributed by atoms with Gasteiger partial charge in [-0.1, -0.05) is 0 Å². The average Bonchev–Trinajstić information content (AvgIpc) is 2.84. The molecule has 0 bridgehead atoms. The third-order valence-electron chi connectivity index (χ3n) is 3.33. The highest BCUT2D eigenvalue weighted by Crippen LogP contribution is 2.22. The van der Waals surface area contributed by atoms with Crippen molar-refractivity contribution in [2.75, 3.05) is 19.4 Å². The summed E-state index contributed by atoms with van der Waals surface area (Å²) in [6, 6.07) is 4.76. The number of methoxy groups -OCH3 is 1. The van der Waals surface area contributed by atoms with Gasteiger partial charge < -0.3 is 15.4 Å². The maximum absolute atomic E-state index is 12.4. The molecular formula is C14H18N2O3. The number of carbonyl (C=O) groups excluding carboxylic acids is 2. The van der Waals surface area contributed by atoms with Crippen molar-refractivity contribution in [1.29, 1.82) is 0 Å². The molecule has 19 heavy (non-hydrogen) atoms. The number of aryl methyl sites for hydroxylation is 1. The molecule has 0 radical (unpaired) electrons. The van der Waals surface area contributed by atoms with Crippen LogP contribution in [0.1, 0.15) is 28.8 Å². The van der Waals surface area contributed by atoms with Crippen molar-refractivity contribution in [1.82, 2.24) is 4.90 Å². The number of carbonyl (C=O) groups is 2. The first kappa shape index (κ1) is 13.4. The molecule has 1 heterocycles. The molecule has 1 aromatic carbocycles. The van der Waals surface area contributed by atoms with E-state index in [1.165, 1.54) is 7.11 Å². The molecular weight excluding hydrogens is 244 g/mol. The van der Waals surface area contributed by atoms with E-state index in [9.17, 15) is 9.59 Å². The summed E-state index contributed by atoms with van der Waals surface area (Å²) in [4.78, 5) is 25.7. The molecule has 0 saturated carbocycles. The Balaban J connectivity index is 2.25. The van der Waals surface area contributed by atoms with Crippen molar-refractivity contribution in [2.24, 2.45) is 0 Å². The van der Waals surface area contributed by atoms with Gasteiger partial charge >= 0.3 is 5.97 Å². The first-order valence-electron chi connectivity index (χ1n) is 6.29. The molecule has 5 heteroatoms. The van der Waals surface area contributed by atoms with E-state index in [-0.39, 0.29) is 11.9 Å². The largest absolute Gasteiger partial charge is 0.467 e. The van der Waals surface area contributed by atoms with Crippen LogP contribution in [0.15, 0.2) is 18.2 Å². The zero-order chi connectivity index (χ0) is 14.0. The summed E-state index contributed by atoms with van der Waals surface area (Å²) in [5.41, 5.74) is 7.76. The number of esters is 1. The summed E-state index contributed by atoms with van der Waals surface area (Å²) in [5.74, 6) is -0.519. The van der Waals surface area contributed by atoms with Crippen molar-refractivity contribution in [3.05, 3.63) is 29.3 Å². The summed E-state index contributed by atoms with van der Waals surface area (Å²) < 4.78 is 4.74. The third kappa shape index (κ3) is 2.70. The van der Waals surface area contributed by atoms with Crippen LogP contribution in [0.25, 0.3) is 0 Å². The zero-order valence-corrected chi connectivity index (χ0v) is 11.2. The number of hydrogen-bond donors (Lipinski definition) is 1. The van der Waals surface area contributed by atoms with E-state index < -0.39 is 6.04 Å². The minimum Gasteiger partial charge on any atom is -0.467 e. The first-order chi connectivity index (χ1) is 9.02. The second-order valence-electron chi connectivity index (χ2n) is 4.81. The predicted octanol–water partition coefficient (Wildman–Crippen LogP) is 1.35. The van der Waals surface area contributed by atoms with Gasteiger partial charge in [-0.15, -0.1) is 0 Å². The Kier molecular flexibility index (Phi) is 3.74. The number of amides is 1. The molecule has 5 nitrogen and oxygen atoms in total. The lowest BCUT2D eigenvalue weighted by Crippen LogP contribution is -2.41. The summed E-state index contributed by atoms with van der Waals surface area (Å²) in [6.07, 6.45) is 1.46. The normalized spacial score (nSPS) is 18.4. The fourth-order valence-corrected chi connectivity index (χ4v) is 2.49. The minimum atomic E-state index is -0.473. The number of benzene rings is 1. The molecule has 1 saturated heterocycles. The number of rotatable bonds is 2. The molecule has 0 spiro atoms. The number of nitrogens with two attached hydrogens (primary N) is 1. The molecule has 1 unspecified atom stereocenters. The first-order valence-corrected chi connectivity index (χ1v) is 6.29. The third-order valence-corrected chi connectivity index (χ3v) is 3.33. The Morgan fingerprint density at radius 1 is 1.37 bits per heavy atom. The van der Waals surface area contributed by atoms with E-state index in [4.69, 9.17) is 10.5 Å². The molecule has 2 rings (SSSR count). The summed E-state index contributed by atoms with van der Waals surface area (Å²) >= 11 is 0. The summed E-state index contributed by atoms with van der Waals surface area (Å²) in [6.45, 7) is 2.46. The molecule has 1 atom stereocenters. The minimum absolute atomic E-state index is 0.164. The standard InChI is InChI=1S/C14H18N2O3/c1-9-6-10(8-11(15)7-9)13(17)16-5-3-4-12(16)14(18)19-2/h6-8,12H,3-5,15H2,1-2H3. The van der Waals surface area contributed by atoms with Crippen molar-refractivity contribution in [3.8, 4) is 0 Å². The van der Waals surface area contributed by atoms with Crippen LogP contribution in [0, 0.1) is 6.92 Å².